The van der Waals surface area contributed by atoms with Crippen molar-refractivity contribution < 1.29 is 20.1 Å². The van der Waals surface area contributed by atoms with Crippen LogP contribution in [0.15, 0.2) is 12.4 Å². The van der Waals surface area contributed by atoms with Gasteiger partial charge in [0.15, 0.2) is 11.9 Å². The number of aromatic nitrogens is 3. The molecular weight excluding hydrogens is 348 g/mol. The van der Waals surface area contributed by atoms with Crippen molar-refractivity contribution in [3.05, 3.63) is 17.5 Å². The number of halogens is 1. The Bertz CT molecular complexity index is 764. The van der Waals surface area contributed by atoms with Gasteiger partial charge < -0.3 is 25.4 Å². The minimum Gasteiger partial charge on any atom is -0.394 e. The SMILES string of the molecule is OC[C@H]1O[C@@H](n2cnc3c(NC4CCCC4)cc(Cl)nc32)C(O)[C@@H]1O. The van der Waals surface area contributed by atoms with Gasteiger partial charge in [-0.25, -0.2) is 9.97 Å². The number of aliphatic hydroxyl groups excluding tert-OH is 3. The summed E-state index contributed by atoms with van der Waals surface area (Å²) >= 11 is 6.18. The van der Waals surface area contributed by atoms with Gasteiger partial charge in [-0.1, -0.05) is 24.4 Å². The van der Waals surface area contributed by atoms with Crippen molar-refractivity contribution in [3.8, 4) is 0 Å². The molecule has 0 amide bonds. The molecule has 2 aromatic heterocycles. The number of fused-ring (bicyclic) bond motifs is 1. The van der Waals surface area contributed by atoms with E-state index in [0.29, 0.717) is 22.4 Å². The highest BCUT2D eigenvalue weighted by molar-refractivity contribution is 6.30. The van der Waals surface area contributed by atoms with Gasteiger partial charge in [-0.05, 0) is 12.8 Å². The van der Waals surface area contributed by atoms with Crippen LogP contribution in [-0.4, -0.2) is 60.8 Å². The summed E-state index contributed by atoms with van der Waals surface area (Å²) in [6.07, 6.45) is 2.02. The summed E-state index contributed by atoms with van der Waals surface area (Å²) in [6, 6.07) is 2.14. The monoisotopic (exact) mass is 368 g/mol. The average Bonchev–Trinajstić information content (AvgIpc) is 3.29. The first kappa shape index (κ1) is 17.0. The maximum atomic E-state index is 10.2. The topological polar surface area (TPSA) is 113 Å². The molecule has 4 N–H and O–H groups in total. The van der Waals surface area contributed by atoms with E-state index in [2.05, 4.69) is 15.3 Å². The second-order valence-electron chi connectivity index (χ2n) is 6.67. The van der Waals surface area contributed by atoms with Crippen LogP contribution >= 0.6 is 11.6 Å². The molecule has 4 rings (SSSR count). The Morgan fingerprint density at radius 1 is 1.28 bits per heavy atom. The van der Waals surface area contributed by atoms with Gasteiger partial charge in [-0.3, -0.25) is 4.57 Å². The lowest BCUT2D eigenvalue weighted by Gasteiger charge is -2.17. The molecule has 0 spiro atoms. The molecule has 2 aromatic rings. The van der Waals surface area contributed by atoms with Gasteiger partial charge in [0.25, 0.3) is 0 Å². The minimum atomic E-state index is -1.19. The van der Waals surface area contributed by atoms with E-state index in [4.69, 9.17) is 16.3 Å². The number of anilines is 1. The third-order valence-electron chi connectivity index (χ3n) is 5.00. The molecule has 1 saturated carbocycles. The van der Waals surface area contributed by atoms with Gasteiger partial charge in [0.1, 0.15) is 29.0 Å². The molecule has 0 bridgehead atoms. The maximum absolute atomic E-state index is 10.2. The number of rotatable bonds is 4. The van der Waals surface area contributed by atoms with E-state index in [1.165, 1.54) is 19.2 Å². The molecule has 136 valence electrons. The fraction of sp³-hybridized carbons (Fsp3) is 0.625. The molecule has 1 saturated heterocycles. The molecule has 4 atom stereocenters. The van der Waals surface area contributed by atoms with Crippen molar-refractivity contribution in [2.75, 3.05) is 11.9 Å². The summed E-state index contributed by atoms with van der Waals surface area (Å²) in [7, 11) is 0. The molecule has 8 nitrogen and oxygen atoms in total. The number of imidazole rings is 1. The van der Waals surface area contributed by atoms with E-state index in [1.807, 2.05) is 0 Å². The number of ether oxygens (including phenoxy) is 1. The van der Waals surface area contributed by atoms with Crippen molar-refractivity contribution in [2.45, 2.75) is 56.3 Å². The van der Waals surface area contributed by atoms with Crippen LogP contribution in [0.5, 0.6) is 0 Å². The van der Waals surface area contributed by atoms with Crippen LogP contribution in [0, 0.1) is 0 Å². The molecule has 1 aliphatic heterocycles. The minimum absolute atomic E-state index is 0.307. The zero-order valence-electron chi connectivity index (χ0n) is 13.5. The van der Waals surface area contributed by atoms with Crippen LogP contribution in [0.4, 0.5) is 5.69 Å². The molecular formula is C16H21ClN4O4. The Hall–Kier alpha value is -1.45. The molecule has 2 aliphatic rings. The van der Waals surface area contributed by atoms with Gasteiger partial charge in [-0.2, -0.15) is 0 Å². The normalized spacial score (nSPS) is 30.4. The van der Waals surface area contributed by atoms with Crippen molar-refractivity contribution in [1.29, 1.82) is 0 Å². The number of hydrogen-bond acceptors (Lipinski definition) is 7. The van der Waals surface area contributed by atoms with Crippen molar-refractivity contribution >= 4 is 28.5 Å². The summed E-state index contributed by atoms with van der Waals surface area (Å²) in [5, 5.41) is 33.3. The zero-order chi connectivity index (χ0) is 17.6. The van der Waals surface area contributed by atoms with E-state index in [0.717, 1.165) is 18.5 Å². The predicted molar refractivity (Wildman–Crippen MR) is 91.4 cm³/mol. The van der Waals surface area contributed by atoms with E-state index >= 15 is 0 Å². The van der Waals surface area contributed by atoms with Crippen molar-refractivity contribution in [2.24, 2.45) is 0 Å². The summed E-state index contributed by atoms with van der Waals surface area (Å²) in [4.78, 5) is 8.72. The van der Waals surface area contributed by atoms with E-state index in [1.54, 1.807) is 10.6 Å². The molecule has 25 heavy (non-hydrogen) atoms. The first-order valence-electron chi connectivity index (χ1n) is 8.50. The first-order valence-corrected chi connectivity index (χ1v) is 8.88. The number of pyridine rings is 1. The maximum Gasteiger partial charge on any atom is 0.165 e. The van der Waals surface area contributed by atoms with E-state index in [9.17, 15) is 15.3 Å². The van der Waals surface area contributed by atoms with Crippen LogP contribution in [0.2, 0.25) is 5.15 Å². The van der Waals surface area contributed by atoms with Crippen LogP contribution in [0.1, 0.15) is 31.9 Å². The number of nitrogens with zero attached hydrogens (tertiary/aromatic N) is 3. The quantitative estimate of drug-likeness (QED) is 0.596. The number of hydrogen-bond donors (Lipinski definition) is 4. The number of nitrogens with one attached hydrogen (secondary N) is 1. The summed E-state index contributed by atoms with van der Waals surface area (Å²) in [5.74, 6) is 0. The second kappa shape index (κ2) is 6.69. The Morgan fingerprint density at radius 3 is 2.72 bits per heavy atom. The third kappa shape index (κ3) is 2.98. The Kier molecular flexibility index (Phi) is 4.55. The molecule has 3 heterocycles. The van der Waals surface area contributed by atoms with Crippen LogP contribution in [0.3, 0.4) is 0 Å². The smallest absolute Gasteiger partial charge is 0.165 e. The Labute approximate surface area is 149 Å². The Morgan fingerprint density at radius 2 is 2.04 bits per heavy atom. The second-order valence-corrected chi connectivity index (χ2v) is 7.06. The molecule has 9 heteroatoms. The van der Waals surface area contributed by atoms with Gasteiger partial charge in [0.2, 0.25) is 0 Å². The predicted octanol–water partition coefficient (Wildman–Crippen LogP) is 1.05. The van der Waals surface area contributed by atoms with Crippen molar-refractivity contribution in [3.63, 3.8) is 0 Å². The summed E-state index contributed by atoms with van der Waals surface area (Å²) in [5.41, 5.74) is 1.89. The molecule has 1 unspecified atom stereocenters. The van der Waals surface area contributed by atoms with Crippen LogP contribution < -0.4 is 5.32 Å². The molecule has 2 fully saturated rings. The van der Waals surface area contributed by atoms with Gasteiger partial charge in [0.05, 0.1) is 18.6 Å². The van der Waals surface area contributed by atoms with Gasteiger partial charge >= 0.3 is 0 Å². The standard InChI is InChI=1S/C16H21ClN4O4/c17-11-5-9(19-8-3-1-2-4-8)12-15(20-11)21(7-18-12)16-14(24)13(23)10(6-22)25-16/h5,7-8,10,13-14,16,22-24H,1-4,6H2,(H,19,20)/t10-,13-,14?,16-/m1/s1. The number of aliphatic hydroxyl groups is 3. The molecule has 0 aromatic carbocycles. The lowest BCUT2D eigenvalue weighted by Crippen LogP contribution is -2.33. The van der Waals surface area contributed by atoms with Crippen LogP contribution in [-0.2, 0) is 4.74 Å². The van der Waals surface area contributed by atoms with Gasteiger partial charge in [-0.15, -0.1) is 0 Å². The van der Waals surface area contributed by atoms with Gasteiger partial charge in [0, 0.05) is 12.1 Å². The first-order chi connectivity index (χ1) is 12.1. The molecule has 1 aliphatic carbocycles. The van der Waals surface area contributed by atoms with E-state index in [-0.39, 0.29) is 6.61 Å². The highest BCUT2D eigenvalue weighted by Crippen LogP contribution is 2.34. The zero-order valence-corrected chi connectivity index (χ0v) is 14.3. The summed E-state index contributed by atoms with van der Waals surface area (Å²) in [6.45, 7) is -0.385. The van der Waals surface area contributed by atoms with E-state index < -0.39 is 24.5 Å². The fourth-order valence-electron chi connectivity index (χ4n) is 3.67. The fourth-order valence-corrected chi connectivity index (χ4v) is 3.86. The van der Waals surface area contributed by atoms with Crippen molar-refractivity contribution in [1.82, 2.24) is 14.5 Å². The average molecular weight is 369 g/mol. The van der Waals surface area contributed by atoms with Crippen LogP contribution in [0.25, 0.3) is 11.2 Å². The lowest BCUT2D eigenvalue weighted by atomic mass is 10.1. The largest absolute Gasteiger partial charge is 0.394 e. The third-order valence-corrected chi connectivity index (χ3v) is 5.20. The Balaban J connectivity index is 1.70. The molecule has 0 radical (unpaired) electrons. The lowest BCUT2D eigenvalue weighted by molar-refractivity contribution is -0.0511. The highest BCUT2D eigenvalue weighted by Gasteiger charge is 2.44. The highest BCUT2D eigenvalue weighted by atomic mass is 35.5. The summed E-state index contributed by atoms with van der Waals surface area (Å²) < 4.78 is 7.12.